The van der Waals surface area contributed by atoms with Gasteiger partial charge in [0.1, 0.15) is 12.4 Å². The molecule has 1 saturated heterocycles. The fourth-order valence-corrected chi connectivity index (χ4v) is 2.43. The molecular formula is C16H25N3O2. The predicted molar refractivity (Wildman–Crippen MR) is 84.9 cm³/mol. The highest BCUT2D eigenvalue weighted by molar-refractivity contribution is 5.79. The molecule has 1 atom stereocenters. The van der Waals surface area contributed by atoms with Gasteiger partial charge in [0, 0.05) is 33.2 Å². The number of para-hydroxylation sites is 1. The maximum Gasteiger partial charge on any atom is 0.193 e. The Labute approximate surface area is 127 Å². The first-order chi connectivity index (χ1) is 10.3. The molecule has 0 aliphatic carbocycles. The summed E-state index contributed by atoms with van der Waals surface area (Å²) in [6.07, 6.45) is 1.14. The summed E-state index contributed by atoms with van der Waals surface area (Å²) in [4.78, 5) is 6.46. The number of nitrogens with one attached hydrogen (secondary N) is 1. The molecule has 1 unspecified atom stereocenters. The fourth-order valence-electron chi connectivity index (χ4n) is 2.43. The quantitative estimate of drug-likeness (QED) is 0.491. The Kier molecular flexibility index (Phi) is 6.34. The Bertz CT molecular complexity index is 430. The molecule has 0 amide bonds. The maximum atomic E-state index is 5.66. The Morgan fingerprint density at radius 3 is 2.90 bits per heavy atom. The van der Waals surface area contributed by atoms with Crippen LogP contribution in [0.1, 0.15) is 6.42 Å². The molecule has 1 aromatic rings. The van der Waals surface area contributed by atoms with E-state index in [1.807, 2.05) is 37.4 Å². The van der Waals surface area contributed by atoms with Crippen molar-refractivity contribution in [3.05, 3.63) is 30.3 Å². The number of nitrogens with zero attached hydrogens (tertiary/aromatic N) is 2. The molecule has 0 bridgehead atoms. The molecule has 5 nitrogen and oxygen atoms in total. The number of benzene rings is 1. The maximum absolute atomic E-state index is 5.66. The van der Waals surface area contributed by atoms with Crippen molar-refractivity contribution >= 4 is 5.96 Å². The highest BCUT2D eigenvalue weighted by atomic mass is 16.5. The van der Waals surface area contributed by atoms with Crippen LogP contribution in [-0.2, 0) is 4.74 Å². The summed E-state index contributed by atoms with van der Waals surface area (Å²) >= 11 is 0. The Hall–Kier alpha value is -1.75. The van der Waals surface area contributed by atoms with Crippen molar-refractivity contribution in [3.8, 4) is 5.75 Å². The lowest BCUT2D eigenvalue weighted by molar-refractivity contribution is 0.181. The first kappa shape index (κ1) is 15.6. The van der Waals surface area contributed by atoms with E-state index in [1.165, 1.54) is 0 Å². The van der Waals surface area contributed by atoms with Gasteiger partial charge in [-0.2, -0.15) is 0 Å². The number of hydrogen-bond donors (Lipinski definition) is 1. The molecule has 0 spiro atoms. The summed E-state index contributed by atoms with van der Waals surface area (Å²) in [6.45, 7) is 4.06. The van der Waals surface area contributed by atoms with Crippen molar-refractivity contribution in [2.24, 2.45) is 10.9 Å². The van der Waals surface area contributed by atoms with Crippen LogP contribution in [0.3, 0.4) is 0 Å². The van der Waals surface area contributed by atoms with Crippen molar-refractivity contribution in [3.63, 3.8) is 0 Å². The second-order valence-corrected chi connectivity index (χ2v) is 5.25. The van der Waals surface area contributed by atoms with Gasteiger partial charge in [0.25, 0.3) is 0 Å². The van der Waals surface area contributed by atoms with Crippen LogP contribution in [0.15, 0.2) is 35.3 Å². The van der Waals surface area contributed by atoms with Crippen molar-refractivity contribution in [1.29, 1.82) is 0 Å². The topological polar surface area (TPSA) is 46.1 Å². The van der Waals surface area contributed by atoms with Crippen LogP contribution >= 0.6 is 0 Å². The first-order valence-corrected chi connectivity index (χ1v) is 7.47. The zero-order chi connectivity index (χ0) is 14.9. The molecule has 1 fully saturated rings. The second-order valence-electron chi connectivity index (χ2n) is 5.25. The molecule has 1 aliphatic heterocycles. The van der Waals surface area contributed by atoms with E-state index in [-0.39, 0.29) is 0 Å². The van der Waals surface area contributed by atoms with Crippen LogP contribution in [0.25, 0.3) is 0 Å². The van der Waals surface area contributed by atoms with E-state index in [0.717, 1.165) is 44.4 Å². The third-order valence-corrected chi connectivity index (χ3v) is 3.53. The largest absolute Gasteiger partial charge is 0.492 e. The van der Waals surface area contributed by atoms with E-state index in [1.54, 1.807) is 0 Å². The minimum atomic E-state index is 0.606. The van der Waals surface area contributed by atoms with Crippen molar-refractivity contribution in [2.75, 3.05) is 47.0 Å². The molecule has 21 heavy (non-hydrogen) atoms. The summed E-state index contributed by atoms with van der Waals surface area (Å²) in [6, 6.07) is 9.84. The fraction of sp³-hybridized carbons (Fsp3) is 0.562. The number of ether oxygens (including phenoxy) is 2. The highest BCUT2D eigenvalue weighted by Gasteiger charge is 2.18. The van der Waals surface area contributed by atoms with Gasteiger partial charge in [-0.3, -0.25) is 4.99 Å². The van der Waals surface area contributed by atoms with Gasteiger partial charge in [0.15, 0.2) is 5.96 Å². The smallest absolute Gasteiger partial charge is 0.193 e. The van der Waals surface area contributed by atoms with E-state index in [2.05, 4.69) is 22.3 Å². The van der Waals surface area contributed by atoms with Gasteiger partial charge < -0.3 is 19.7 Å². The molecule has 5 heteroatoms. The molecule has 1 aliphatic rings. The molecular weight excluding hydrogens is 266 g/mol. The van der Waals surface area contributed by atoms with Crippen LogP contribution in [0.4, 0.5) is 0 Å². The van der Waals surface area contributed by atoms with Gasteiger partial charge >= 0.3 is 0 Å². The van der Waals surface area contributed by atoms with E-state index < -0.39 is 0 Å². The van der Waals surface area contributed by atoms with Gasteiger partial charge in [-0.15, -0.1) is 0 Å². The Morgan fingerprint density at radius 1 is 1.43 bits per heavy atom. The molecule has 1 aromatic carbocycles. The molecule has 0 radical (unpaired) electrons. The predicted octanol–water partition coefficient (Wildman–Crippen LogP) is 1.61. The number of aliphatic imine (C=N–C) groups is 1. The van der Waals surface area contributed by atoms with Gasteiger partial charge in [-0.25, -0.2) is 0 Å². The minimum absolute atomic E-state index is 0.606. The normalized spacial score (nSPS) is 18.6. The number of hydrogen-bond acceptors (Lipinski definition) is 3. The van der Waals surface area contributed by atoms with E-state index in [4.69, 9.17) is 9.47 Å². The SMILES string of the molecule is CN=C(NCCOc1ccccc1)N(C)CC1CCOC1. The van der Waals surface area contributed by atoms with Gasteiger partial charge in [-0.1, -0.05) is 18.2 Å². The lowest BCUT2D eigenvalue weighted by Gasteiger charge is -2.24. The number of rotatable bonds is 6. The first-order valence-electron chi connectivity index (χ1n) is 7.47. The van der Waals surface area contributed by atoms with Gasteiger partial charge in [0.05, 0.1) is 13.2 Å². The van der Waals surface area contributed by atoms with Crippen LogP contribution in [0.2, 0.25) is 0 Å². The summed E-state index contributed by atoms with van der Waals surface area (Å²) < 4.78 is 11.1. The zero-order valence-corrected chi connectivity index (χ0v) is 12.9. The summed E-state index contributed by atoms with van der Waals surface area (Å²) in [7, 11) is 3.87. The van der Waals surface area contributed by atoms with E-state index >= 15 is 0 Å². The molecule has 2 rings (SSSR count). The second kappa shape index (κ2) is 8.52. The standard InChI is InChI=1S/C16H25N3O2/c1-17-16(19(2)12-14-8-10-20-13-14)18-9-11-21-15-6-4-3-5-7-15/h3-7,14H,8-13H2,1-2H3,(H,17,18). The molecule has 1 heterocycles. The molecule has 0 saturated carbocycles. The summed E-state index contributed by atoms with van der Waals surface area (Å²) in [5, 5.41) is 3.32. The third kappa shape index (κ3) is 5.27. The summed E-state index contributed by atoms with van der Waals surface area (Å²) in [5.41, 5.74) is 0. The lowest BCUT2D eigenvalue weighted by atomic mass is 10.1. The van der Waals surface area contributed by atoms with E-state index in [9.17, 15) is 0 Å². The van der Waals surface area contributed by atoms with Gasteiger partial charge in [-0.05, 0) is 18.6 Å². The third-order valence-electron chi connectivity index (χ3n) is 3.53. The Balaban J connectivity index is 1.67. The van der Waals surface area contributed by atoms with Crippen LogP contribution < -0.4 is 10.1 Å². The number of guanidine groups is 1. The van der Waals surface area contributed by atoms with Crippen molar-refractivity contribution < 1.29 is 9.47 Å². The highest BCUT2D eigenvalue weighted by Crippen LogP contribution is 2.13. The van der Waals surface area contributed by atoms with Crippen molar-refractivity contribution in [1.82, 2.24) is 10.2 Å². The Morgan fingerprint density at radius 2 is 2.24 bits per heavy atom. The zero-order valence-electron chi connectivity index (χ0n) is 12.9. The average molecular weight is 291 g/mol. The monoisotopic (exact) mass is 291 g/mol. The van der Waals surface area contributed by atoms with Crippen molar-refractivity contribution in [2.45, 2.75) is 6.42 Å². The molecule has 0 aromatic heterocycles. The minimum Gasteiger partial charge on any atom is -0.492 e. The lowest BCUT2D eigenvalue weighted by Crippen LogP contribution is -2.42. The molecule has 116 valence electrons. The van der Waals surface area contributed by atoms with E-state index in [0.29, 0.717) is 12.5 Å². The van der Waals surface area contributed by atoms with Crippen LogP contribution in [0.5, 0.6) is 5.75 Å². The summed E-state index contributed by atoms with van der Waals surface area (Å²) in [5.74, 6) is 2.40. The van der Waals surface area contributed by atoms with Crippen LogP contribution in [-0.4, -0.2) is 57.9 Å². The van der Waals surface area contributed by atoms with Crippen LogP contribution in [0, 0.1) is 5.92 Å². The van der Waals surface area contributed by atoms with Gasteiger partial charge in [0.2, 0.25) is 0 Å². The average Bonchev–Trinajstić information content (AvgIpc) is 3.01. The molecule has 1 N–H and O–H groups in total.